The van der Waals surface area contributed by atoms with E-state index in [9.17, 15) is 9.59 Å². The highest BCUT2D eigenvalue weighted by atomic mass is 32.2. The van der Waals surface area contributed by atoms with Crippen molar-refractivity contribution in [1.29, 1.82) is 0 Å². The lowest BCUT2D eigenvalue weighted by molar-refractivity contribution is -0.138. The fraction of sp³-hybridized carbons (Fsp3) is 0.474. The third kappa shape index (κ3) is 3.40. The summed E-state index contributed by atoms with van der Waals surface area (Å²) in [6.45, 7) is 2.24. The molecule has 1 aromatic heterocycles. The number of nitrogens with one attached hydrogen (secondary N) is 1. The average molecular weight is 405 g/mol. The Balaban J connectivity index is 1.60. The summed E-state index contributed by atoms with van der Waals surface area (Å²) >= 11 is 1.59. The Kier molecular flexibility index (Phi) is 5.36. The van der Waals surface area contributed by atoms with Gasteiger partial charge in [-0.1, -0.05) is 0 Å². The van der Waals surface area contributed by atoms with Crippen molar-refractivity contribution >= 4 is 34.5 Å². The molecule has 8 nitrogen and oxygen atoms in total. The maximum atomic E-state index is 13.2. The molecule has 2 saturated heterocycles. The number of amides is 2. The number of H-pyrrole nitrogens is 1. The highest BCUT2D eigenvalue weighted by Crippen LogP contribution is 2.32. The maximum Gasteiger partial charge on any atom is 0.271 e. The number of carbonyl (C=O) groups excluding carboxylic acids is 2. The summed E-state index contributed by atoms with van der Waals surface area (Å²) in [7, 11) is 3.16. The lowest BCUT2D eigenvalue weighted by atomic mass is 10.2. The molecule has 4 rings (SSSR count). The number of benzene rings is 1. The van der Waals surface area contributed by atoms with Crippen LogP contribution in [0.25, 0.3) is 10.9 Å². The summed E-state index contributed by atoms with van der Waals surface area (Å²) in [6, 6.07) is 4.95. The van der Waals surface area contributed by atoms with Gasteiger partial charge in [-0.25, -0.2) is 0 Å². The van der Waals surface area contributed by atoms with E-state index in [-0.39, 0.29) is 11.8 Å². The van der Waals surface area contributed by atoms with Crippen LogP contribution in [-0.2, 0) is 9.53 Å². The first kappa shape index (κ1) is 18.9. The Bertz CT molecular complexity index is 893. The smallest absolute Gasteiger partial charge is 0.271 e. The van der Waals surface area contributed by atoms with E-state index >= 15 is 0 Å². The second-order valence-corrected chi connectivity index (χ2v) is 7.70. The number of nitrogens with zero attached hydrogens (tertiary/aromatic N) is 2. The third-order valence-electron chi connectivity index (χ3n) is 5.10. The topological polar surface area (TPSA) is 84.1 Å². The van der Waals surface area contributed by atoms with Gasteiger partial charge in [0.15, 0.2) is 0 Å². The van der Waals surface area contributed by atoms with Crippen LogP contribution in [0.15, 0.2) is 18.2 Å². The quantitative estimate of drug-likeness (QED) is 0.831. The first-order valence-corrected chi connectivity index (χ1v) is 10.3. The van der Waals surface area contributed by atoms with Crippen molar-refractivity contribution in [3.05, 3.63) is 23.9 Å². The number of hydrogen-bond donors (Lipinski definition) is 1. The normalized spacial score (nSPS) is 19.9. The van der Waals surface area contributed by atoms with Crippen molar-refractivity contribution in [1.82, 2.24) is 14.8 Å². The minimum Gasteiger partial charge on any atom is -0.497 e. The van der Waals surface area contributed by atoms with Crippen molar-refractivity contribution in [2.24, 2.45) is 0 Å². The van der Waals surface area contributed by atoms with E-state index < -0.39 is 6.04 Å². The number of aromatic nitrogens is 1. The molecule has 28 heavy (non-hydrogen) atoms. The van der Waals surface area contributed by atoms with Crippen molar-refractivity contribution in [3.63, 3.8) is 0 Å². The monoisotopic (exact) mass is 405 g/mol. The highest BCUT2D eigenvalue weighted by molar-refractivity contribution is 7.99. The van der Waals surface area contributed by atoms with E-state index in [0.29, 0.717) is 55.1 Å². The Morgan fingerprint density at radius 2 is 1.96 bits per heavy atom. The van der Waals surface area contributed by atoms with Gasteiger partial charge < -0.3 is 29.0 Å². The summed E-state index contributed by atoms with van der Waals surface area (Å²) in [5.41, 5.74) is 1.17. The second-order valence-electron chi connectivity index (χ2n) is 6.71. The van der Waals surface area contributed by atoms with E-state index in [1.165, 1.54) is 0 Å². The Morgan fingerprint density at radius 1 is 1.18 bits per heavy atom. The summed E-state index contributed by atoms with van der Waals surface area (Å²) in [6.07, 6.45) is 0. The van der Waals surface area contributed by atoms with Gasteiger partial charge in [-0.05, 0) is 12.1 Å². The van der Waals surface area contributed by atoms with E-state index in [1.807, 2.05) is 6.07 Å². The largest absolute Gasteiger partial charge is 0.497 e. The van der Waals surface area contributed by atoms with Gasteiger partial charge in [0.1, 0.15) is 23.2 Å². The van der Waals surface area contributed by atoms with Gasteiger partial charge in [-0.15, -0.1) is 11.8 Å². The standard InChI is InChI=1S/C19H23N3O5S/c1-25-13-7-12-8-14(20-17(12)16(9-13)26-2)18(23)22-11-28-10-15(22)19(24)21-3-5-27-6-4-21/h7-9,15,20H,3-6,10-11H2,1-2H3/t15-/m0/s1. The first-order valence-electron chi connectivity index (χ1n) is 9.12. The molecule has 1 N–H and O–H groups in total. The highest BCUT2D eigenvalue weighted by Gasteiger charge is 2.38. The van der Waals surface area contributed by atoms with Crippen molar-refractivity contribution < 1.29 is 23.8 Å². The van der Waals surface area contributed by atoms with Gasteiger partial charge in [-0.3, -0.25) is 9.59 Å². The number of carbonyl (C=O) groups is 2. The van der Waals surface area contributed by atoms with Crippen LogP contribution >= 0.6 is 11.8 Å². The molecule has 2 aliphatic heterocycles. The van der Waals surface area contributed by atoms with Gasteiger partial charge in [0, 0.05) is 30.3 Å². The predicted octanol–water partition coefficient (Wildman–Crippen LogP) is 1.56. The van der Waals surface area contributed by atoms with E-state index in [1.54, 1.807) is 47.9 Å². The van der Waals surface area contributed by atoms with Crippen molar-refractivity contribution in [2.45, 2.75) is 6.04 Å². The Morgan fingerprint density at radius 3 is 2.68 bits per heavy atom. The van der Waals surface area contributed by atoms with Crippen LogP contribution in [0, 0.1) is 0 Å². The zero-order valence-corrected chi connectivity index (χ0v) is 16.7. The minimum atomic E-state index is -0.446. The second kappa shape index (κ2) is 7.92. The van der Waals surface area contributed by atoms with Crippen LogP contribution in [0.2, 0.25) is 0 Å². The molecule has 2 aliphatic rings. The molecule has 0 aliphatic carbocycles. The number of hydrogen-bond acceptors (Lipinski definition) is 6. The first-order chi connectivity index (χ1) is 13.6. The van der Waals surface area contributed by atoms with Gasteiger partial charge >= 0.3 is 0 Å². The maximum absolute atomic E-state index is 13.2. The van der Waals surface area contributed by atoms with Crippen LogP contribution in [0.5, 0.6) is 11.5 Å². The number of ether oxygens (including phenoxy) is 3. The fourth-order valence-electron chi connectivity index (χ4n) is 3.58. The zero-order valence-electron chi connectivity index (χ0n) is 15.9. The lowest BCUT2D eigenvalue weighted by Gasteiger charge is -2.32. The molecule has 1 aromatic carbocycles. The van der Waals surface area contributed by atoms with Crippen LogP contribution in [0.4, 0.5) is 0 Å². The number of morpholine rings is 1. The molecule has 0 bridgehead atoms. The molecular formula is C19H23N3O5S. The Hall–Kier alpha value is -2.39. The average Bonchev–Trinajstić information content (AvgIpc) is 3.39. The van der Waals surface area contributed by atoms with E-state index in [4.69, 9.17) is 14.2 Å². The minimum absolute atomic E-state index is 0.00277. The number of fused-ring (bicyclic) bond motifs is 1. The molecule has 1 atom stereocenters. The van der Waals surface area contributed by atoms with Gasteiger partial charge in [0.2, 0.25) is 5.91 Å². The molecule has 0 radical (unpaired) electrons. The van der Waals surface area contributed by atoms with Crippen LogP contribution in [0.1, 0.15) is 10.5 Å². The molecule has 150 valence electrons. The van der Waals surface area contributed by atoms with Crippen LogP contribution < -0.4 is 9.47 Å². The van der Waals surface area contributed by atoms with E-state index in [2.05, 4.69) is 4.98 Å². The number of thioether (sulfide) groups is 1. The fourth-order valence-corrected chi connectivity index (χ4v) is 4.72. The third-order valence-corrected chi connectivity index (χ3v) is 6.11. The molecule has 3 heterocycles. The molecule has 0 spiro atoms. The number of aromatic amines is 1. The van der Waals surface area contributed by atoms with Crippen LogP contribution in [-0.4, -0.2) is 84.8 Å². The van der Waals surface area contributed by atoms with Crippen molar-refractivity contribution in [3.8, 4) is 11.5 Å². The van der Waals surface area contributed by atoms with Gasteiger partial charge in [0.05, 0.1) is 38.8 Å². The summed E-state index contributed by atoms with van der Waals surface area (Å²) < 4.78 is 16.0. The predicted molar refractivity (Wildman–Crippen MR) is 106 cm³/mol. The van der Waals surface area contributed by atoms with Crippen LogP contribution in [0.3, 0.4) is 0 Å². The number of methoxy groups -OCH3 is 2. The molecule has 2 amide bonds. The van der Waals surface area contributed by atoms with Gasteiger partial charge in [-0.2, -0.15) is 0 Å². The molecule has 9 heteroatoms. The number of rotatable bonds is 4. The molecule has 0 unspecified atom stereocenters. The molecular weight excluding hydrogens is 382 g/mol. The zero-order chi connectivity index (χ0) is 19.7. The lowest BCUT2D eigenvalue weighted by Crippen LogP contribution is -2.52. The Labute approximate surface area is 167 Å². The van der Waals surface area contributed by atoms with Crippen molar-refractivity contribution in [2.75, 3.05) is 52.2 Å². The van der Waals surface area contributed by atoms with Gasteiger partial charge in [0.25, 0.3) is 5.91 Å². The molecule has 2 fully saturated rings. The summed E-state index contributed by atoms with van der Waals surface area (Å²) in [5, 5.41) is 0.822. The molecule has 2 aromatic rings. The molecule has 0 saturated carbocycles. The van der Waals surface area contributed by atoms with E-state index in [0.717, 1.165) is 10.9 Å². The summed E-state index contributed by atoms with van der Waals surface area (Å²) in [4.78, 5) is 32.7. The summed E-state index contributed by atoms with van der Waals surface area (Å²) in [5.74, 6) is 2.17. The SMILES string of the molecule is COc1cc(OC)c2[nH]c(C(=O)N3CSC[C@H]3C(=O)N3CCOCC3)cc2c1.